The summed E-state index contributed by atoms with van der Waals surface area (Å²) < 4.78 is 2.01. The maximum absolute atomic E-state index is 6.33. The van der Waals surface area contributed by atoms with Crippen LogP contribution in [-0.4, -0.2) is 40.4 Å². The van der Waals surface area contributed by atoms with E-state index in [2.05, 4.69) is 22.2 Å². The summed E-state index contributed by atoms with van der Waals surface area (Å²) in [5, 5.41) is 8.86. The molecule has 1 saturated heterocycles. The first-order valence-corrected chi connectivity index (χ1v) is 8.23. The van der Waals surface area contributed by atoms with Crippen molar-refractivity contribution in [2.45, 2.75) is 52.2 Å². The molecular formula is C15H25ClN4. The molecule has 4 nitrogen and oxygen atoms in total. The third-order valence-corrected chi connectivity index (χ3v) is 5.05. The first kappa shape index (κ1) is 14.4. The van der Waals surface area contributed by atoms with Gasteiger partial charge in [0.05, 0.1) is 16.4 Å². The number of nitrogens with one attached hydrogen (secondary N) is 1. The molecule has 3 rings (SSSR count). The van der Waals surface area contributed by atoms with Gasteiger partial charge in [0.25, 0.3) is 0 Å². The van der Waals surface area contributed by atoms with Gasteiger partial charge in [0.2, 0.25) is 0 Å². The van der Waals surface area contributed by atoms with Crippen LogP contribution in [0.3, 0.4) is 0 Å². The van der Waals surface area contributed by atoms with Crippen molar-refractivity contribution in [3.8, 4) is 0 Å². The number of aromatic nitrogens is 2. The molecule has 5 heteroatoms. The van der Waals surface area contributed by atoms with Crippen molar-refractivity contribution in [2.75, 3.05) is 19.6 Å². The van der Waals surface area contributed by atoms with Gasteiger partial charge in [0.15, 0.2) is 0 Å². The van der Waals surface area contributed by atoms with Crippen LogP contribution < -0.4 is 5.32 Å². The van der Waals surface area contributed by atoms with Gasteiger partial charge in [0.1, 0.15) is 0 Å². The van der Waals surface area contributed by atoms with Crippen LogP contribution in [0.4, 0.5) is 0 Å². The van der Waals surface area contributed by atoms with Gasteiger partial charge in [-0.1, -0.05) is 11.6 Å². The molecule has 2 heterocycles. The Morgan fingerprint density at radius 2 is 2.15 bits per heavy atom. The van der Waals surface area contributed by atoms with Crippen LogP contribution in [-0.2, 0) is 13.1 Å². The fraction of sp³-hybridized carbons (Fsp3) is 0.800. The van der Waals surface area contributed by atoms with E-state index < -0.39 is 0 Å². The Balaban J connectivity index is 1.48. The van der Waals surface area contributed by atoms with E-state index in [4.69, 9.17) is 11.6 Å². The summed E-state index contributed by atoms with van der Waals surface area (Å²) in [4.78, 5) is 2.67. The van der Waals surface area contributed by atoms with E-state index in [0.717, 1.165) is 48.0 Å². The SMILES string of the molecule is CCn1nc(C)c(Cl)c1CNCC1CCN(C2CC2)C1. The van der Waals surface area contributed by atoms with Crippen LogP contribution in [0, 0.1) is 12.8 Å². The zero-order valence-corrected chi connectivity index (χ0v) is 13.3. The van der Waals surface area contributed by atoms with Gasteiger partial charge in [-0.3, -0.25) is 4.68 Å². The van der Waals surface area contributed by atoms with Gasteiger partial charge in [-0.15, -0.1) is 0 Å². The largest absolute Gasteiger partial charge is 0.311 e. The molecule has 1 N–H and O–H groups in total. The fourth-order valence-corrected chi connectivity index (χ4v) is 3.44. The van der Waals surface area contributed by atoms with Crippen molar-refractivity contribution in [3.05, 3.63) is 16.4 Å². The molecule has 0 radical (unpaired) electrons. The first-order valence-electron chi connectivity index (χ1n) is 7.85. The molecule has 1 aromatic heterocycles. The van der Waals surface area contributed by atoms with Crippen LogP contribution in [0.25, 0.3) is 0 Å². The summed E-state index contributed by atoms with van der Waals surface area (Å²) in [6.07, 6.45) is 4.18. The number of rotatable bonds is 6. The molecule has 0 bridgehead atoms. The second-order valence-electron chi connectivity index (χ2n) is 6.17. The minimum Gasteiger partial charge on any atom is -0.311 e. The zero-order valence-electron chi connectivity index (χ0n) is 12.5. The van der Waals surface area contributed by atoms with Crippen molar-refractivity contribution in [2.24, 2.45) is 5.92 Å². The summed E-state index contributed by atoms with van der Waals surface area (Å²) in [6, 6.07) is 0.915. The highest BCUT2D eigenvalue weighted by atomic mass is 35.5. The molecule has 1 aromatic rings. The average Bonchev–Trinajstić information content (AvgIpc) is 3.13. The maximum Gasteiger partial charge on any atom is 0.0860 e. The summed E-state index contributed by atoms with van der Waals surface area (Å²) >= 11 is 6.33. The Morgan fingerprint density at radius 1 is 1.35 bits per heavy atom. The van der Waals surface area contributed by atoms with Crippen molar-refractivity contribution in [1.29, 1.82) is 0 Å². The molecule has 0 aromatic carbocycles. The van der Waals surface area contributed by atoms with Gasteiger partial charge < -0.3 is 10.2 Å². The van der Waals surface area contributed by atoms with E-state index >= 15 is 0 Å². The number of hydrogen-bond donors (Lipinski definition) is 1. The van der Waals surface area contributed by atoms with Gasteiger partial charge >= 0.3 is 0 Å². The zero-order chi connectivity index (χ0) is 14.1. The van der Waals surface area contributed by atoms with Crippen LogP contribution in [0.15, 0.2) is 0 Å². The third-order valence-electron chi connectivity index (χ3n) is 4.56. The highest BCUT2D eigenvalue weighted by molar-refractivity contribution is 6.31. The summed E-state index contributed by atoms with van der Waals surface area (Å²) in [5.41, 5.74) is 2.06. The second kappa shape index (κ2) is 6.04. The van der Waals surface area contributed by atoms with Crippen LogP contribution in [0.5, 0.6) is 0 Å². The van der Waals surface area contributed by atoms with Gasteiger partial charge in [-0.25, -0.2) is 0 Å². The molecule has 1 aliphatic carbocycles. The minimum atomic E-state index is 0.800. The van der Waals surface area contributed by atoms with E-state index in [1.165, 1.54) is 32.4 Å². The maximum atomic E-state index is 6.33. The molecule has 1 unspecified atom stereocenters. The van der Waals surface area contributed by atoms with Crippen molar-refractivity contribution < 1.29 is 0 Å². The van der Waals surface area contributed by atoms with E-state index in [-0.39, 0.29) is 0 Å². The van der Waals surface area contributed by atoms with Crippen molar-refractivity contribution >= 4 is 11.6 Å². The quantitative estimate of drug-likeness (QED) is 0.875. The fourth-order valence-electron chi connectivity index (χ4n) is 3.23. The minimum absolute atomic E-state index is 0.800. The molecular weight excluding hydrogens is 272 g/mol. The van der Waals surface area contributed by atoms with E-state index in [9.17, 15) is 0 Å². The van der Waals surface area contributed by atoms with E-state index in [1.807, 2.05) is 11.6 Å². The Bertz CT molecular complexity index is 467. The predicted molar refractivity (Wildman–Crippen MR) is 82.1 cm³/mol. The van der Waals surface area contributed by atoms with Gasteiger partial charge in [-0.05, 0) is 52.1 Å². The smallest absolute Gasteiger partial charge is 0.0860 e. The molecule has 2 fully saturated rings. The lowest BCUT2D eigenvalue weighted by atomic mass is 10.1. The monoisotopic (exact) mass is 296 g/mol. The number of nitrogens with zero attached hydrogens (tertiary/aromatic N) is 3. The Morgan fingerprint density at radius 3 is 2.85 bits per heavy atom. The Labute approximate surface area is 126 Å². The standard InChI is InChI=1S/C15H25ClN4/c1-3-20-14(15(16)11(2)18-20)9-17-8-12-6-7-19(10-12)13-4-5-13/h12-13,17H,3-10H2,1-2H3. The molecule has 2 aliphatic rings. The van der Waals surface area contributed by atoms with Crippen LogP contribution in [0.1, 0.15) is 37.6 Å². The normalized spacial score (nSPS) is 23.6. The molecule has 0 spiro atoms. The molecule has 1 aliphatic heterocycles. The van der Waals surface area contributed by atoms with E-state index in [1.54, 1.807) is 0 Å². The predicted octanol–water partition coefficient (Wildman–Crippen LogP) is 2.44. The van der Waals surface area contributed by atoms with E-state index in [0.29, 0.717) is 0 Å². The number of aryl methyl sites for hydroxylation is 2. The van der Waals surface area contributed by atoms with Crippen molar-refractivity contribution in [1.82, 2.24) is 20.0 Å². The molecule has 1 atom stereocenters. The Hall–Kier alpha value is -0.580. The van der Waals surface area contributed by atoms with Gasteiger partial charge in [0, 0.05) is 25.7 Å². The second-order valence-corrected chi connectivity index (χ2v) is 6.55. The van der Waals surface area contributed by atoms with Crippen LogP contribution >= 0.6 is 11.6 Å². The van der Waals surface area contributed by atoms with Crippen LogP contribution in [0.2, 0.25) is 5.02 Å². The first-order chi connectivity index (χ1) is 9.69. The highest BCUT2D eigenvalue weighted by Crippen LogP contribution is 2.31. The molecule has 1 saturated carbocycles. The number of halogens is 1. The number of likely N-dealkylation sites (tertiary alicyclic amines) is 1. The number of hydrogen-bond acceptors (Lipinski definition) is 3. The average molecular weight is 297 g/mol. The molecule has 0 amide bonds. The lowest BCUT2D eigenvalue weighted by Gasteiger charge is -2.15. The molecule has 112 valence electrons. The summed E-state index contributed by atoms with van der Waals surface area (Å²) in [7, 11) is 0. The third kappa shape index (κ3) is 3.02. The highest BCUT2D eigenvalue weighted by Gasteiger charge is 2.34. The topological polar surface area (TPSA) is 33.1 Å². The Kier molecular flexibility index (Phi) is 4.34. The van der Waals surface area contributed by atoms with Crippen molar-refractivity contribution in [3.63, 3.8) is 0 Å². The summed E-state index contributed by atoms with van der Waals surface area (Å²) in [5.74, 6) is 0.800. The lowest BCUT2D eigenvalue weighted by molar-refractivity contribution is 0.311. The lowest BCUT2D eigenvalue weighted by Crippen LogP contribution is -2.28. The van der Waals surface area contributed by atoms with Gasteiger partial charge in [-0.2, -0.15) is 5.10 Å². The summed E-state index contributed by atoms with van der Waals surface area (Å²) in [6.45, 7) is 9.45. The molecule has 20 heavy (non-hydrogen) atoms.